The number of rotatable bonds is 3. The van der Waals surface area contributed by atoms with E-state index in [0.717, 1.165) is 6.08 Å². The largest absolute Gasteiger partial charge is 0.478 e. The molecule has 0 amide bonds. The lowest BCUT2D eigenvalue weighted by molar-refractivity contribution is -0.131. The predicted molar refractivity (Wildman–Crippen MR) is 48.2 cm³/mol. The Labute approximate surface area is 75.1 Å². The molecule has 0 bridgehead atoms. The number of aliphatic carboxylic acids is 1. The lowest BCUT2D eigenvalue weighted by atomic mass is 10.3. The van der Waals surface area contributed by atoms with Crippen LogP contribution in [0.5, 0.6) is 0 Å². The zero-order valence-electron chi connectivity index (χ0n) is 7.06. The van der Waals surface area contributed by atoms with E-state index in [-0.39, 0.29) is 0 Å². The molecule has 1 heterocycles. The maximum atomic E-state index is 10.2. The van der Waals surface area contributed by atoms with Crippen LogP contribution in [0.4, 0.5) is 5.95 Å². The molecule has 1 rings (SSSR count). The quantitative estimate of drug-likeness (QED) is 0.665. The van der Waals surface area contributed by atoms with Gasteiger partial charge in [-0.15, -0.1) is 0 Å². The Kier molecular flexibility index (Phi) is 2.97. The Bertz CT molecular complexity index is 319. The standard InChI is InChI=1S/C8H9N3O2/c1-9-8-10-4-6(5-11-8)2-3-7(12)13/h2-5H,1H3,(H,12,13)(H,9,10,11)/b3-2+. The summed E-state index contributed by atoms with van der Waals surface area (Å²) in [5.74, 6) is -0.481. The Morgan fingerprint density at radius 2 is 2.15 bits per heavy atom. The minimum atomic E-state index is -0.988. The molecule has 0 aliphatic carbocycles. The molecule has 1 aromatic heterocycles. The van der Waals surface area contributed by atoms with Crippen LogP contribution in [0.1, 0.15) is 5.56 Å². The molecule has 2 N–H and O–H groups in total. The highest BCUT2D eigenvalue weighted by atomic mass is 16.4. The molecule has 5 heteroatoms. The smallest absolute Gasteiger partial charge is 0.328 e. The van der Waals surface area contributed by atoms with Gasteiger partial charge in [0.1, 0.15) is 0 Å². The fourth-order valence-electron chi connectivity index (χ4n) is 0.721. The third kappa shape index (κ3) is 2.90. The lowest BCUT2D eigenvalue weighted by Gasteiger charge is -1.96. The van der Waals surface area contributed by atoms with E-state index in [9.17, 15) is 4.79 Å². The molecule has 0 atom stereocenters. The van der Waals surface area contributed by atoms with Crippen molar-refractivity contribution < 1.29 is 9.90 Å². The minimum Gasteiger partial charge on any atom is -0.478 e. The topological polar surface area (TPSA) is 75.1 Å². The van der Waals surface area contributed by atoms with Crippen LogP contribution in [0.3, 0.4) is 0 Å². The normalized spacial score (nSPS) is 10.2. The fraction of sp³-hybridized carbons (Fsp3) is 0.125. The van der Waals surface area contributed by atoms with Crippen molar-refractivity contribution in [1.82, 2.24) is 9.97 Å². The predicted octanol–water partition coefficient (Wildman–Crippen LogP) is 0.616. The first kappa shape index (κ1) is 9.18. The van der Waals surface area contributed by atoms with Gasteiger partial charge in [0, 0.05) is 31.1 Å². The van der Waals surface area contributed by atoms with Crippen molar-refractivity contribution in [3.63, 3.8) is 0 Å². The van der Waals surface area contributed by atoms with Gasteiger partial charge in [-0.1, -0.05) is 0 Å². The summed E-state index contributed by atoms with van der Waals surface area (Å²) < 4.78 is 0. The van der Waals surface area contributed by atoms with Gasteiger partial charge in [0.15, 0.2) is 0 Å². The molecule has 13 heavy (non-hydrogen) atoms. The second kappa shape index (κ2) is 4.20. The second-order valence-corrected chi connectivity index (χ2v) is 2.26. The average molecular weight is 179 g/mol. The van der Waals surface area contributed by atoms with Gasteiger partial charge < -0.3 is 10.4 Å². The summed E-state index contributed by atoms with van der Waals surface area (Å²) in [6, 6.07) is 0. The van der Waals surface area contributed by atoms with Crippen molar-refractivity contribution in [2.24, 2.45) is 0 Å². The van der Waals surface area contributed by atoms with Crippen LogP contribution in [0.25, 0.3) is 6.08 Å². The Morgan fingerprint density at radius 3 is 2.62 bits per heavy atom. The zero-order valence-corrected chi connectivity index (χ0v) is 7.06. The monoisotopic (exact) mass is 179 g/mol. The highest BCUT2D eigenvalue weighted by Crippen LogP contribution is 2.00. The SMILES string of the molecule is CNc1ncc(/C=C/C(=O)O)cn1. The molecule has 0 saturated heterocycles. The molecule has 1 aromatic rings. The molecular weight excluding hydrogens is 170 g/mol. The maximum absolute atomic E-state index is 10.2. The number of hydrogen-bond donors (Lipinski definition) is 2. The van der Waals surface area contributed by atoms with Gasteiger partial charge in [0.2, 0.25) is 5.95 Å². The Morgan fingerprint density at radius 1 is 1.54 bits per heavy atom. The fourth-order valence-corrected chi connectivity index (χ4v) is 0.721. The van der Waals surface area contributed by atoms with Gasteiger partial charge in [-0.2, -0.15) is 0 Å². The molecule has 0 aliphatic rings. The van der Waals surface area contributed by atoms with Crippen LogP contribution >= 0.6 is 0 Å². The van der Waals surface area contributed by atoms with E-state index >= 15 is 0 Å². The maximum Gasteiger partial charge on any atom is 0.328 e. The van der Waals surface area contributed by atoms with Crippen molar-refractivity contribution in [1.29, 1.82) is 0 Å². The number of nitrogens with zero attached hydrogens (tertiary/aromatic N) is 2. The summed E-state index contributed by atoms with van der Waals surface area (Å²) in [6.45, 7) is 0. The number of hydrogen-bond acceptors (Lipinski definition) is 4. The summed E-state index contributed by atoms with van der Waals surface area (Å²) in [5.41, 5.74) is 0.654. The van der Waals surface area contributed by atoms with Crippen molar-refractivity contribution >= 4 is 18.0 Å². The lowest BCUT2D eigenvalue weighted by Crippen LogP contribution is -1.95. The van der Waals surface area contributed by atoms with Crippen molar-refractivity contribution in [3.05, 3.63) is 24.0 Å². The molecular formula is C8H9N3O2. The first-order chi connectivity index (χ1) is 6.22. The van der Waals surface area contributed by atoms with E-state index in [4.69, 9.17) is 5.11 Å². The summed E-state index contributed by atoms with van der Waals surface area (Å²) in [7, 11) is 1.71. The van der Waals surface area contributed by atoms with Crippen molar-refractivity contribution in [2.75, 3.05) is 12.4 Å². The van der Waals surface area contributed by atoms with Crippen LogP contribution in [-0.2, 0) is 4.79 Å². The summed E-state index contributed by atoms with van der Waals surface area (Å²) >= 11 is 0. The molecule has 0 spiro atoms. The number of carboxylic acids is 1. The zero-order chi connectivity index (χ0) is 9.68. The van der Waals surface area contributed by atoms with Gasteiger partial charge in [-0.25, -0.2) is 14.8 Å². The molecule has 68 valence electrons. The third-order valence-electron chi connectivity index (χ3n) is 1.31. The van der Waals surface area contributed by atoms with Crippen LogP contribution in [-0.4, -0.2) is 28.1 Å². The molecule has 0 radical (unpaired) electrons. The van der Waals surface area contributed by atoms with Gasteiger partial charge in [-0.05, 0) is 6.08 Å². The van der Waals surface area contributed by atoms with E-state index in [1.807, 2.05) is 0 Å². The van der Waals surface area contributed by atoms with Crippen LogP contribution in [0.15, 0.2) is 18.5 Å². The van der Waals surface area contributed by atoms with Crippen molar-refractivity contribution in [2.45, 2.75) is 0 Å². The Hall–Kier alpha value is -1.91. The molecule has 0 unspecified atom stereocenters. The van der Waals surface area contributed by atoms with Gasteiger partial charge in [0.05, 0.1) is 0 Å². The highest BCUT2D eigenvalue weighted by molar-refractivity contribution is 5.85. The number of nitrogens with one attached hydrogen (secondary N) is 1. The molecule has 0 aliphatic heterocycles. The second-order valence-electron chi connectivity index (χ2n) is 2.26. The first-order valence-corrected chi connectivity index (χ1v) is 3.63. The number of aromatic nitrogens is 2. The third-order valence-corrected chi connectivity index (χ3v) is 1.31. The average Bonchev–Trinajstić information content (AvgIpc) is 2.15. The van der Waals surface area contributed by atoms with Crippen LogP contribution < -0.4 is 5.32 Å². The number of carboxylic acid groups (broad SMARTS) is 1. The highest BCUT2D eigenvalue weighted by Gasteiger charge is 1.92. The number of anilines is 1. The summed E-state index contributed by atoms with van der Waals surface area (Å²) in [4.78, 5) is 18.0. The van der Waals surface area contributed by atoms with Crippen LogP contribution in [0, 0.1) is 0 Å². The molecule has 0 fully saturated rings. The number of carbonyl (C=O) groups is 1. The Balaban J connectivity index is 2.75. The van der Waals surface area contributed by atoms with Gasteiger partial charge >= 0.3 is 5.97 Å². The van der Waals surface area contributed by atoms with Crippen LogP contribution in [0.2, 0.25) is 0 Å². The van der Waals surface area contributed by atoms with Gasteiger partial charge in [0.25, 0.3) is 0 Å². The molecule has 0 aromatic carbocycles. The van der Waals surface area contributed by atoms with Crippen molar-refractivity contribution in [3.8, 4) is 0 Å². The van der Waals surface area contributed by atoms with E-state index in [1.165, 1.54) is 18.5 Å². The summed E-state index contributed by atoms with van der Waals surface area (Å²) in [5, 5.41) is 11.1. The van der Waals surface area contributed by atoms with E-state index in [0.29, 0.717) is 11.5 Å². The molecule has 5 nitrogen and oxygen atoms in total. The van der Waals surface area contributed by atoms with E-state index < -0.39 is 5.97 Å². The first-order valence-electron chi connectivity index (χ1n) is 3.63. The minimum absolute atomic E-state index is 0.507. The van der Waals surface area contributed by atoms with E-state index in [2.05, 4.69) is 15.3 Å². The summed E-state index contributed by atoms with van der Waals surface area (Å²) in [6.07, 6.45) is 5.55. The van der Waals surface area contributed by atoms with E-state index in [1.54, 1.807) is 7.05 Å². The van der Waals surface area contributed by atoms with Gasteiger partial charge in [-0.3, -0.25) is 0 Å². The molecule has 0 saturated carbocycles.